The van der Waals surface area contributed by atoms with Gasteiger partial charge in [-0.25, -0.2) is 4.98 Å². The van der Waals surface area contributed by atoms with Crippen molar-refractivity contribution in [3.05, 3.63) is 65.6 Å². The van der Waals surface area contributed by atoms with Crippen molar-refractivity contribution >= 4 is 29.1 Å². The first-order valence-electron chi connectivity index (χ1n) is 11.5. The van der Waals surface area contributed by atoms with Gasteiger partial charge in [0.1, 0.15) is 17.1 Å². The first-order chi connectivity index (χ1) is 16.1. The third kappa shape index (κ3) is 4.69. The van der Waals surface area contributed by atoms with Crippen molar-refractivity contribution in [3.8, 4) is 5.75 Å². The second-order valence-corrected chi connectivity index (χ2v) is 9.18. The van der Waals surface area contributed by atoms with E-state index < -0.39 is 0 Å². The number of fused-ring (bicyclic) bond motifs is 2. The molecular weight excluding hydrogens is 440 g/mol. The largest absolute Gasteiger partial charge is 0.493 e. The van der Waals surface area contributed by atoms with E-state index in [0.717, 1.165) is 31.6 Å². The molecule has 4 heterocycles. The summed E-state index contributed by atoms with van der Waals surface area (Å²) in [6.07, 6.45) is 6.62. The van der Waals surface area contributed by atoms with Gasteiger partial charge < -0.3 is 18.9 Å². The Morgan fingerprint density at radius 3 is 2.76 bits per heavy atom. The van der Waals surface area contributed by atoms with Crippen molar-refractivity contribution in [1.29, 1.82) is 0 Å². The van der Waals surface area contributed by atoms with Gasteiger partial charge in [0.15, 0.2) is 0 Å². The van der Waals surface area contributed by atoms with Crippen LogP contribution in [-0.4, -0.2) is 63.3 Å². The maximum Gasteiger partial charge on any atom is 0.274 e. The van der Waals surface area contributed by atoms with Gasteiger partial charge in [-0.15, -0.1) is 0 Å². The number of halogens is 1. The van der Waals surface area contributed by atoms with Crippen LogP contribution in [0.25, 0.3) is 5.65 Å². The van der Waals surface area contributed by atoms with E-state index in [4.69, 9.17) is 16.3 Å². The van der Waals surface area contributed by atoms with Gasteiger partial charge in [-0.3, -0.25) is 9.59 Å². The number of aromatic nitrogens is 2. The topological polar surface area (TPSA) is 67.2 Å². The molecule has 0 aliphatic carbocycles. The molecule has 2 aromatic heterocycles. The van der Waals surface area contributed by atoms with Crippen LogP contribution in [0.4, 0.5) is 0 Å². The molecule has 2 saturated heterocycles. The molecule has 33 heavy (non-hydrogen) atoms. The third-order valence-corrected chi connectivity index (χ3v) is 6.87. The number of carbonyl (C=O) groups is 2. The van der Waals surface area contributed by atoms with Gasteiger partial charge >= 0.3 is 0 Å². The summed E-state index contributed by atoms with van der Waals surface area (Å²) < 4.78 is 7.47. The smallest absolute Gasteiger partial charge is 0.274 e. The molecule has 2 aliphatic rings. The molecule has 172 valence electrons. The number of para-hydroxylation sites is 1. The molecule has 0 saturated carbocycles. The summed E-state index contributed by atoms with van der Waals surface area (Å²) in [5.41, 5.74) is 1.14. The van der Waals surface area contributed by atoms with Gasteiger partial charge in [0.2, 0.25) is 5.91 Å². The summed E-state index contributed by atoms with van der Waals surface area (Å²) in [5, 5.41) is 0.600. The molecule has 2 aliphatic heterocycles. The number of ether oxygens (including phenoxy) is 1. The van der Waals surface area contributed by atoms with Crippen LogP contribution < -0.4 is 4.74 Å². The number of benzene rings is 1. The van der Waals surface area contributed by atoms with E-state index in [0.29, 0.717) is 48.4 Å². The van der Waals surface area contributed by atoms with Crippen molar-refractivity contribution in [1.82, 2.24) is 19.2 Å². The SMILES string of the molecule is O=C(CCOc1ccccc1)N1CC[C@H]2[C@H](CCCN2C(=O)c2cn3cc(Cl)ccc3n2)C1. The van der Waals surface area contributed by atoms with E-state index in [9.17, 15) is 9.59 Å². The van der Waals surface area contributed by atoms with E-state index in [1.165, 1.54) is 0 Å². The zero-order valence-corrected chi connectivity index (χ0v) is 19.2. The number of nitrogens with zero attached hydrogens (tertiary/aromatic N) is 4. The standard InChI is InChI=1S/C25H27ClN4O3/c26-19-8-9-23-27-21(17-29(23)16-19)25(32)30-12-4-5-18-15-28(13-10-22(18)30)24(31)11-14-33-20-6-2-1-3-7-20/h1-3,6-9,16-18,22H,4-5,10-15H2/t18-,22+/m1/s1. The van der Waals surface area contributed by atoms with Gasteiger partial charge in [-0.1, -0.05) is 29.8 Å². The Bertz CT molecular complexity index is 1150. The van der Waals surface area contributed by atoms with Crippen molar-refractivity contribution in [2.45, 2.75) is 31.7 Å². The van der Waals surface area contributed by atoms with E-state index in [1.807, 2.05) is 46.2 Å². The van der Waals surface area contributed by atoms with Crippen molar-refractivity contribution in [2.75, 3.05) is 26.2 Å². The highest BCUT2D eigenvalue weighted by Crippen LogP contribution is 2.32. The number of hydrogen-bond acceptors (Lipinski definition) is 4. The zero-order valence-electron chi connectivity index (χ0n) is 18.4. The average Bonchev–Trinajstić information content (AvgIpc) is 3.26. The minimum atomic E-state index is -0.0411. The van der Waals surface area contributed by atoms with Crippen molar-refractivity contribution in [3.63, 3.8) is 0 Å². The predicted molar refractivity (Wildman–Crippen MR) is 126 cm³/mol. The second kappa shape index (κ2) is 9.43. The fourth-order valence-corrected chi connectivity index (χ4v) is 5.20. The number of likely N-dealkylation sites (tertiary alicyclic amines) is 2. The lowest BCUT2D eigenvalue weighted by Gasteiger charge is -2.47. The minimum absolute atomic E-state index is 0.0411. The molecular formula is C25H27ClN4O3. The maximum atomic E-state index is 13.3. The number of hydrogen-bond donors (Lipinski definition) is 0. The first-order valence-corrected chi connectivity index (χ1v) is 11.9. The van der Waals surface area contributed by atoms with Crippen LogP contribution in [0.3, 0.4) is 0 Å². The van der Waals surface area contributed by atoms with Gasteiger partial charge in [-0.05, 0) is 49.4 Å². The van der Waals surface area contributed by atoms with Crippen LogP contribution in [0.1, 0.15) is 36.2 Å². The third-order valence-electron chi connectivity index (χ3n) is 6.64. The molecule has 8 heteroatoms. The fraction of sp³-hybridized carbons (Fsp3) is 0.400. The predicted octanol–water partition coefficient (Wildman–Crippen LogP) is 3.91. The Balaban J connectivity index is 1.20. The van der Waals surface area contributed by atoms with Crippen LogP contribution in [0, 0.1) is 5.92 Å². The normalized spacial score (nSPS) is 20.5. The minimum Gasteiger partial charge on any atom is -0.493 e. The Labute approximate surface area is 197 Å². The molecule has 2 fully saturated rings. The zero-order chi connectivity index (χ0) is 22.8. The highest BCUT2D eigenvalue weighted by Gasteiger charge is 2.39. The molecule has 0 spiro atoms. The molecule has 0 N–H and O–H groups in total. The summed E-state index contributed by atoms with van der Waals surface area (Å²) in [7, 11) is 0. The van der Waals surface area contributed by atoms with E-state index in [-0.39, 0.29) is 17.9 Å². The molecule has 3 aromatic rings. The maximum absolute atomic E-state index is 13.3. The highest BCUT2D eigenvalue weighted by molar-refractivity contribution is 6.30. The molecule has 2 atom stereocenters. The van der Waals surface area contributed by atoms with Gasteiger partial charge in [0.25, 0.3) is 5.91 Å². The summed E-state index contributed by atoms with van der Waals surface area (Å²) in [4.78, 5) is 34.5. The van der Waals surface area contributed by atoms with Crippen LogP contribution >= 0.6 is 11.6 Å². The Morgan fingerprint density at radius 1 is 1.06 bits per heavy atom. The number of imidazole rings is 1. The molecule has 1 aromatic carbocycles. The lowest BCUT2D eigenvalue weighted by atomic mass is 9.83. The quantitative estimate of drug-likeness (QED) is 0.571. The van der Waals surface area contributed by atoms with E-state index in [1.54, 1.807) is 22.9 Å². The fourth-order valence-electron chi connectivity index (χ4n) is 5.03. The molecule has 0 unspecified atom stereocenters. The number of carbonyl (C=O) groups excluding carboxylic acids is 2. The van der Waals surface area contributed by atoms with Crippen molar-refractivity contribution < 1.29 is 14.3 Å². The molecule has 2 amide bonds. The summed E-state index contributed by atoms with van der Waals surface area (Å²) in [5.74, 6) is 1.15. The molecule has 0 radical (unpaired) electrons. The van der Waals surface area contributed by atoms with Crippen LogP contribution in [0.2, 0.25) is 5.02 Å². The summed E-state index contributed by atoms with van der Waals surface area (Å²) in [6, 6.07) is 13.3. The van der Waals surface area contributed by atoms with Crippen LogP contribution in [-0.2, 0) is 4.79 Å². The van der Waals surface area contributed by atoms with Gasteiger partial charge in [0.05, 0.1) is 18.1 Å². The van der Waals surface area contributed by atoms with Crippen molar-refractivity contribution in [2.24, 2.45) is 5.92 Å². The monoisotopic (exact) mass is 466 g/mol. The lowest BCUT2D eigenvalue weighted by Crippen LogP contribution is -2.56. The van der Waals surface area contributed by atoms with Crippen LogP contribution in [0.5, 0.6) is 5.75 Å². The number of piperidine rings is 2. The van der Waals surface area contributed by atoms with Gasteiger partial charge in [0, 0.05) is 38.1 Å². The summed E-state index contributed by atoms with van der Waals surface area (Å²) >= 11 is 6.07. The summed E-state index contributed by atoms with van der Waals surface area (Å²) in [6.45, 7) is 2.46. The highest BCUT2D eigenvalue weighted by atomic mass is 35.5. The molecule has 0 bridgehead atoms. The second-order valence-electron chi connectivity index (χ2n) is 8.75. The van der Waals surface area contributed by atoms with Gasteiger partial charge in [-0.2, -0.15) is 0 Å². The number of rotatable bonds is 5. The molecule has 5 rings (SSSR count). The Kier molecular flexibility index (Phi) is 6.22. The van der Waals surface area contributed by atoms with Crippen LogP contribution in [0.15, 0.2) is 54.9 Å². The number of pyridine rings is 1. The van der Waals surface area contributed by atoms with E-state index >= 15 is 0 Å². The first kappa shape index (κ1) is 21.8. The van der Waals surface area contributed by atoms with E-state index in [2.05, 4.69) is 4.98 Å². The Hall–Kier alpha value is -3.06. The average molecular weight is 467 g/mol. The lowest BCUT2D eigenvalue weighted by molar-refractivity contribution is -0.135. The Morgan fingerprint density at radius 2 is 1.91 bits per heavy atom. The number of amides is 2. The molecule has 7 nitrogen and oxygen atoms in total.